The molecule has 5 nitrogen and oxygen atoms in total. The molecule has 0 bridgehead atoms. The molecule has 2 heterocycles. The standard InChI is InChI=1S/C21H24N2O3S/c1-3-5-15-8-10-23(11-9-15)19(21(27)22-4-2)20(24)16-6-7-17-18(14-16)26-13-12-25-17/h6-11,14,19H,3-5,12-13H2,1-2H3/t19-/m1/s1. The van der Waals surface area contributed by atoms with E-state index in [2.05, 4.69) is 11.9 Å². The van der Waals surface area contributed by atoms with Crippen LogP contribution in [0.25, 0.3) is 0 Å². The highest BCUT2D eigenvalue weighted by Crippen LogP contribution is 2.31. The van der Waals surface area contributed by atoms with Gasteiger partial charge >= 0.3 is 0 Å². The van der Waals surface area contributed by atoms with Gasteiger partial charge in [-0.2, -0.15) is 4.57 Å². The molecule has 0 radical (unpaired) electrons. The van der Waals surface area contributed by atoms with Gasteiger partial charge in [-0.25, -0.2) is 0 Å². The van der Waals surface area contributed by atoms with Crippen molar-refractivity contribution in [2.75, 3.05) is 19.8 Å². The van der Waals surface area contributed by atoms with Crippen molar-refractivity contribution in [3.05, 3.63) is 53.9 Å². The Hall–Kier alpha value is -2.47. The number of benzene rings is 1. The van der Waals surface area contributed by atoms with Crippen molar-refractivity contribution in [1.82, 2.24) is 0 Å². The number of Topliss-reactive ketones (excluding diaryl/α,β-unsaturated/α-hetero) is 1. The largest absolute Gasteiger partial charge is 0.758 e. The summed E-state index contributed by atoms with van der Waals surface area (Å²) in [6.07, 6.45) is 5.89. The first kappa shape index (κ1) is 19.3. The summed E-state index contributed by atoms with van der Waals surface area (Å²) in [6, 6.07) is 8.66. The zero-order valence-corrected chi connectivity index (χ0v) is 16.5. The first-order valence-electron chi connectivity index (χ1n) is 9.29. The number of aryl methyl sites for hydroxylation is 1. The van der Waals surface area contributed by atoms with E-state index in [0.717, 1.165) is 12.8 Å². The highest BCUT2D eigenvalue weighted by Gasteiger charge is 2.29. The predicted octanol–water partition coefficient (Wildman–Crippen LogP) is 3.09. The van der Waals surface area contributed by atoms with E-state index in [0.29, 0.717) is 41.9 Å². The Morgan fingerprint density at radius 1 is 1.15 bits per heavy atom. The van der Waals surface area contributed by atoms with E-state index in [1.807, 2.05) is 36.0 Å². The van der Waals surface area contributed by atoms with E-state index in [1.165, 1.54) is 5.56 Å². The second-order valence-electron chi connectivity index (χ2n) is 6.34. The maximum atomic E-state index is 13.3. The van der Waals surface area contributed by atoms with Crippen LogP contribution in [0.5, 0.6) is 11.5 Å². The fourth-order valence-corrected chi connectivity index (χ4v) is 3.43. The molecular weight excluding hydrogens is 360 g/mol. The minimum absolute atomic E-state index is 0.109. The Morgan fingerprint density at radius 2 is 1.85 bits per heavy atom. The number of hydrogen-bond donors (Lipinski definition) is 0. The highest BCUT2D eigenvalue weighted by molar-refractivity contribution is 7.77. The third kappa shape index (κ3) is 4.45. The van der Waals surface area contributed by atoms with Crippen LogP contribution >= 0.6 is 0 Å². The number of carbonyl (C=O) groups is 1. The second kappa shape index (κ2) is 8.95. The van der Waals surface area contributed by atoms with E-state index in [9.17, 15) is 4.79 Å². The number of fused-ring (bicyclic) bond motifs is 1. The number of carbonyl (C=O) groups excluding carboxylic acids is 1. The van der Waals surface area contributed by atoms with Gasteiger partial charge in [0.2, 0.25) is 11.8 Å². The summed E-state index contributed by atoms with van der Waals surface area (Å²) in [5.74, 6) is 1.14. The topological polar surface area (TPSA) is 51.8 Å². The molecule has 0 fully saturated rings. The minimum Gasteiger partial charge on any atom is -0.758 e. The number of ether oxygens (including phenoxy) is 2. The van der Waals surface area contributed by atoms with Gasteiger partial charge in [-0.3, -0.25) is 4.79 Å². The molecule has 27 heavy (non-hydrogen) atoms. The summed E-state index contributed by atoms with van der Waals surface area (Å²) in [4.78, 5) is 17.6. The summed E-state index contributed by atoms with van der Waals surface area (Å²) in [5, 5.41) is 0.380. The van der Waals surface area contributed by atoms with Gasteiger partial charge in [0.05, 0.1) is 0 Å². The fourth-order valence-electron chi connectivity index (χ4n) is 3.07. The third-order valence-electron chi connectivity index (χ3n) is 4.38. The van der Waals surface area contributed by atoms with Crippen molar-refractivity contribution in [1.29, 1.82) is 0 Å². The molecule has 0 spiro atoms. The molecule has 0 unspecified atom stereocenters. The van der Waals surface area contributed by atoms with Crippen LogP contribution in [0.15, 0.2) is 47.7 Å². The third-order valence-corrected chi connectivity index (χ3v) is 4.73. The van der Waals surface area contributed by atoms with Gasteiger partial charge in [0.15, 0.2) is 23.9 Å². The van der Waals surface area contributed by atoms with Crippen LogP contribution in [0.4, 0.5) is 0 Å². The first-order chi connectivity index (χ1) is 13.1. The highest BCUT2D eigenvalue weighted by atomic mass is 32.1. The average molecular weight is 385 g/mol. The van der Waals surface area contributed by atoms with Gasteiger partial charge < -0.3 is 27.1 Å². The van der Waals surface area contributed by atoms with E-state index in [4.69, 9.17) is 22.1 Å². The lowest BCUT2D eigenvalue weighted by molar-refractivity contribution is -0.692. The van der Waals surface area contributed by atoms with Crippen molar-refractivity contribution >= 4 is 23.5 Å². The molecule has 1 aromatic heterocycles. The van der Waals surface area contributed by atoms with Crippen molar-refractivity contribution in [3.63, 3.8) is 0 Å². The molecule has 0 aliphatic carbocycles. The predicted molar refractivity (Wildman–Crippen MR) is 107 cm³/mol. The van der Waals surface area contributed by atoms with Crippen molar-refractivity contribution < 1.29 is 18.8 Å². The summed E-state index contributed by atoms with van der Waals surface area (Å²) >= 11 is 5.47. The molecule has 6 heteroatoms. The number of hydrogen-bond acceptors (Lipinski definition) is 5. The molecule has 0 saturated heterocycles. The Labute approximate surface area is 165 Å². The van der Waals surface area contributed by atoms with Crippen LogP contribution in [0.2, 0.25) is 0 Å². The molecule has 3 rings (SSSR count). The zero-order chi connectivity index (χ0) is 19.2. The molecular formula is C21H24N2O3S. The molecule has 0 saturated carbocycles. The smallest absolute Gasteiger partial charge is 0.237 e. The summed E-state index contributed by atoms with van der Waals surface area (Å²) in [7, 11) is 0. The zero-order valence-electron chi connectivity index (χ0n) is 15.7. The summed E-state index contributed by atoms with van der Waals surface area (Å²) in [5.41, 5.74) is 1.76. The molecule has 0 N–H and O–H groups in total. The van der Waals surface area contributed by atoms with E-state index < -0.39 is 6.04 Å². The van der Waals surface area contributed by atoms with Crippen LogP contribution < -0.4 is 14.0 Å². The second-order valence-corrected chi connectivity index (χ2v) is 6.76. The Bertz CT molecular complexity index is 834. The quantitative estimate of drug-likeness (QED) is 0.242. The molecule has 1 atom stereocenters. The molecule has 1 aromatic carbocycles. The van der Waals surface area contributed by atoms with Gasteiger partial charge in [-0.1, -0.05) is 13.3 Å². The number of pyridine rings is 1. The molecule has 1 aliphatic rings. The lowest BCUT2D eigenvalue weighted by Gasteiger charge is -2.21. The maximum absolute atomic E-state index is 13.3. The lowest BCUT2D eigenvalue weighted by atomic mass is 10.0. The number of aliphatic imine (C=N–C) groups is 1. The van der Waals surface area contributed by atoms with Gasteiger partial charge in [-0.15, -0.1) is 0 Å². The van der Waals surface area contributed by atoms with Crippen molar-refractivity contribution in [2.24, 2.45) is 4.99 Å². The molecule has 2 aromatic rings. The fraction of sp³-hybridized carbons (Fsp3) is 0.381. The number of ketones is 1. The maximum Gasteiger partial charge on any atom is 0.237 e. The SMILES string of the molecule is CCCc1cc[n+]([C@H](C(=O)c2ccc3c(c2)OCCO3)C([S-])=NCC)cc1. The Balaban J connectivity index is 1.95. The van der Waals surface area contributed by atoms with Crippen LogP contribution in [0, 0.1) is 0 Å². The molecule has 1 aliphatic heterocycles. The monoisotopic (exact) mass is 384 g/mol. The van der Waals surface area contributed by atoms with E-state index >= 15 is 0 Å². The average Bonchev–Trinajstić information content (AvgIpc) is 2.69. The van der Waals surface area contributed by atoms with Gasteiger partial charge in [0.25, 0.3) is 0 Å². The van der Waals surface area contributed by atoms with Crippen LogP contribution in [-0.2, 0) is 19.0 Å². The Morgan fingerprint density at radius 3 is 2.52 bits per heavy atom. The molecule has 0 amide bonds. The van der Waals surface area contributed by atoms with Crippen molar-refractivity contribution in [2.45, 2.75) is 32.7 Å². The number of aromatic nitrogens is 1. The van der Waals surface area contributed by atoms with Gasteiger partial charge in [0.1, 0.15) is 13.2 Å². The van der Waals surface area contributed by atoms with Gasteiger partial charge in [0, 0.05) is 24.2 Å². The van der Waals surface area contributed by atoms with Crippen LogP contribution in [-0.4, -0.2) is 30.6 Å². The molecule has 142 valence electrons. The summed E-state index contributed by atoms with van der Waals surface area (Å²) < 4.78 is 13.0. The van der Waals surface area contributed by atoms with E-state index in [-0.39, 0.29) is 5.78 Å². The lowest BCUT2D eigenvalue weighted by Crippen LogP contribution is -2.47. The first-order valence-corrected chi connectivity index (χ1v) is 9.69. The van der Waals surface area contributed by atoms with Crippen LogP contribution in [0.3, 0.4) is 0 Å². The minimum atomic E-state index is -0.654. The number of rotatable bonds is 7. The van der Waals surface area contributed by atoms with Gasteiger partial charge in [-0.05, 0) is 42.2 Å². The van der Waals surface area contributed by atoms with E-state index in [1.54, 1.807) is 18.2 Å². The Kier molecular flexibility index (Phi) is 6.40. The number of nitrogens with zero attached hydrogens (tertiary/aromatic N) is 2. The van der Waals surface area contributed by atoms with Crippen molar-refractivity contribution in [3.8, 4) is 11.5 Å². The normalized spacial score (nSPS) is 14.7. The summed E-state index contributed by atoms with van der Waals surface area (Å²) in [6.45, 7) is 5.59. The van der Waals surface area contributed by atoms with Crippen LogP contribution in [0.1, 0.15) is 42.2 Å².